The summed E-state index contributed by atoms with van der Waals surface area (Å²) in [6.07, 6.45) is -0.392. The molecule has 0 aliphatic carbocycles. The number of aliphatic imine (C=N–C) groups is 2. The molecule has 1 aliphatic rings. The number of nitrogens with zero attached hydrogens (tertiary/aromatic N) is 3. The van der Waals surface area contributed by atoms with Crippen LogP contribution in [0.3, 0.4) is 0 Å². The van der Waals surface area contributed by atoms with Crippen molar-refractivity contribution in [2.45, 2.75) is 6.17 Å². The zero-order chi connectivity index (χ0) is 36.6. The van der Waals surface area contributed by atoms with Crippen molar-refractivity contribution in [2.75, 3.05) is 0 Å². The number of hydrogen-bond acceptors (Lipinski definition) is 5. The number of amidine groups is 2. The lowest BCUT2D eigenvalue weighted by Crippen LogP contribution is -2.36. The second kappa shape index (κ2) is 14.1. The van der Waals surface area contributed by atoms with E-state index in [-0.39, 0.29) is 0 Å². The van der Waals surface area contributed by atoms with Crippen molar-refractivity contribution in [1.29, 1.82) is 0 Å². The lowest BCUT2D eigenvalue weighted by molar-refractivity contribution is 0.756. The van der Waals surface area contributed by atoms with Gasteiger partial charge in [-0.1, -0.05) is 176 Å². The number of benzene rings is 8. The van der Waals surface area contributed by atoms with Gasteiger partial charge < -0.3 is 5.32 Å². The molecule has 0 radical (unpaired) electrons. The average molecular weight is 723 g/mol. The maximum absolute atomic E-state index is 5.15. The van der Waals surface area contributed by atoms with Crippen LogP contribution in [0, 0.1) is 0 Å². The fourth-order valence-corrected chi connectivity index (χ4v) is 8.37. The fourth-order valence-electron chi connectivity index (χ4n) is 7.40. The Morgan fingerprint density at radius 2 is 0.909 bits per heavy atom. The van der Waals surface area contributed by atoms with Gasteiger partial charge in [-0.15, -0.1) is 11.3 Å². The van der Waals surface area contributed by atoms with E-state index in [1.165, 1.54) is 43.3 Å². The third-order valence-electron chi connectivity index (χ3n) is 10.2. The normalized spacial score (nSPS) is 14.0. The fraction of sp³-hybridized carbons (Fsp3) is 0.0200. The van der Waals surface area contributed by atoms with Crippen LogP contribution >= 0.6 is 11.3 Å². The Hall–Kier alpha value is -6.95. The molecule has 0 saturated heterocycles. The van der Waals surface area contributed by atoms with Gasteiger partial charge in [-0.2, -0.15) is 0 Å². The van der Waals surface area contributed by atoms with Gasteiger partial charge in [-0.3, -0.25) is 0 Å². The SMILES string of the molecule is c1ccc(C2=NC(c3ccc(-c4cccc5c(-c6cccc(-c7nc8ccccc8s7)c6)cccc45)cc3)N=C(c3ccc(-c4ccccc4)cc3)N2)cc1. The van der Waals surface area contributed by atoms with Crippen molar-refractivity contribution >= 4 is 44.0 Å². The Bertz CT molecular complexity index is 2840. The molecule has 10 rings (SSSR count). The van der Waals surface area contributed by atoms with Crippen molar-refractivity contribution in [2.24, 2.45) is 9.98 Å². The highest BCUT2D eigenvalue weighted by atomic mass is 32.1. The maximum Gasteiger partial charge on any atom is 0.169 e. The Morgan fingerprint density at radius 1 is 0.400 bits per heavy atom. The van der Waals surface area contributed by atoms with Crippen molar-refractivity contribution in [1.82, 2.24) is 10.3 Å². The van der Waals surface area contributed by atoms with Crippen molar-refractivity contribution in [3.63, 3.8) is 0 Å². The number of fused-ring (bicyclic) bond motifs is 2. The first-order chi connectivity index (χ1) is 27.2. The van der Waals surface area contributed by atoms with Crippen LogP contribution in [0.2, 0.25) is 0 Å². The summed E-state index contributed by atoms with van der Waals surface area (Å²) in [5.41, 5.74) is 12.3. The number of hydrogen-bond donors (Lipinski definition) is 1. The van der Waals surface area contributed by atoms with Gasteiger partial charge in [0, 0.05) is 16.7 Å². The molecule has 4 nitrogen and oxygen atoms in total. The summed E-state index contributed by atoms with van der Waals surface area (Å²) in [6, 6.07) is 68.3. The monoisotopic (exact) mass is 722 g/mol. The summed E-state index contributed by atoms with van der Waals surface area (Å²) in [5, 5.41) is 7.00. The molecule has 0 bridgehead atoms. The van der Waals surface area contributed by atoms with Crippen LogP contribution in [0.1, 0.15) is 22.9 Å². The van der Waals surface area contributed by atoms with E-state index >= 15 is 0 Å². The number of para-hydroxylation sites is 1. The van der Waals surface area contributed by atoms with E-state index < -0.39 is 6.17 Å². The molecule has 5 heteroatoms. The number of thiazole rings is 1. The first-order valence-corrected chi connectivity index (χ1v) is 19.3. The molecule has 1 aromatic heterocycles. The minimum absolute atomic E-state index is 0.392. The molecule has 1 N–H and O–H groups in total. The van der Waals surface area contributed by atoms with Gasteiger partial charge in [0.15, 0.2) is 6.17 Å². The van der Waals surface area contributed by atoms with Crippen LogP contribution < -0.4 is 5.32 Å². The predicted octanol–water partition coefficient (Wildman–Crippen LogP) is 12.6. The molecule has 8 aromatic carbocycles. The van der Waals surface area contributed by atoms with Gasteiger partial charge in [-0.25, -0.2) is 15.0 Å². The average Bonchev–Trinajstić information content (AvgIpc) is 3.71. The minimum Gasteiger partial charge on any atom is -0.324 e. The number of aromatic nitrogens is 1. The quantitative estimate of drug-likeness (QED) is 0.178. The van der Waals surface area contributed by atoms with Gasteiger partial charge >= 0.3 is 0 Å². The topological polar surface area (TPSA) is 49.6 Å². The third-order valence-corrected chi connectivity index (χ3v) is 11.3. The Kier molecular flexibility index (Phi) is 8.39. The van der Waals surface area contributed by atoms with Crippen LogP contribution in [0.25, 0.3) is 64.9 Å². The van der Waals surface area contributed by atoms with Crippen molar-refractivity contribution in [3.05, 3.63) is 211 Å². The predicted molar refractivity (Wildman–Crippen MR) is 231 cm³/mol. The zero-order valence-corrected chi connectivity index (χ0v) is 30.6. The molecular weight excluding hydrogens is 689 g/mol. The summed E-state index contributed by atoms with van der Waals surface area (Å²) in [6.45, 7) is 0. The van der Waals surface area contributed by atoms with E-state index in [1.54, 1.807) is 11.3 Å². The molecule has 9 aromatic rings. The lowest BCUT2D eigenvalue weighted by Gasteiger charge is -2.22. The maximum atomic E-state index is 5.15. The molecule has 0 amide bonds. The number of rotatable bonds is 7. The standard InChI is InChI=1S/C50H34N4S/c1-3-12-33(13-4-1)34-24-28-37(29-25-34)48-52-47(36-14-5-2-6-15-36)53-49(54-48)38-30-26-35(27-31-38)41-18-10-21-44-42(19-11-20-43(41)44)39-16-9-17-40(32-39)50-51-45-22-7-8-23-46(45)55-50/h1-32,49H,(H,52,53,54). The van der Waals surface area contributed by atoms with E-state index in [0.717, 1.165) is 50.0 Å². The number of nitrogens with one attached hydrogen (secondary N) is 1. The van der Waals surface area contributed by atoms with E-state index in [0.29, 0.717) is 0 Å². The highest BCUT2D eigenvalue weighted by Crippen LogP contribution is 2.38. The summed E-state index contributed by atoms with van der Waals surface area (Å²) >= 11 is 1.74. The molecule has 260 valence electrons. The van der Waals surface area contributed by atoms with E-state index in [1.807, 2.05) is 30.3 Å². The first-order valence-electron chi connectivity index (χ1n) is 18.5. The molecule has 1 atom stereocenters. The van der Waals surface area contributed by atoms with Crippen LogP contribution in [-0.4, -0.2) is 16.7 Å². The van der Waals surface area contributed by atoms with Crippen LogP contribution in [0.15, 0.2) is 204 Å². The third kappa shape index (κ3) is 6.41. The Labute approximate surface area is 323 Å². The summed E-state index contributed by atoms with van der Waals surface area (Å²) in [4.78, 5) is 15.2. The second-order valence-corrected chi connectivity index (χ2v) is 14.7. The minimum atomic E-state index is -0.392. The van der Waals surface area contributed by atoms with E-state index in [4.69, 9.17) is 15.0 Å². The van der Waals surface area contributed by atoms with Crippen LogP contribution in [0.5, 0.6) is 0 Å². The second-order valence-electron chi connectivity index (χ2n) is 13.7. The molecule has 0 fully saturated rings. The van der Waals surface area contributed by atoms with Gasteiger partial charge in [0.25, 0.3) is 0 Å². The lowest BCUT2D eigenvalue weighted by atomic mass is 9.92. The molecule has 1 aliphatic heterocycles. The zero-order valence-electron chi connectivity index (χ0n) is 29.8. The molecule has 0 saturated carbocycles. The molecule has 0 spiro atoms. The van der Waals surface area contributed by atoms with Gasteiger partial charge in [0.2, 0.25) is 0 Å². The first kappa shape index (κ1) is 32.7. The Morgan fingerprint density at radius 3 is 1.60 bits per heavy atom. The van der Waals surface area contributed by atoms with Gasteiger partial charge in [-0.05, 0) is 67.9 Å². The molecule has 1 unspecified atom stereocenters. The van der Waals surface area contributed by atoms with Gasteiger partial charge in [0.05, 0.1) is 10.2 Å². The smallest absolute Gasteiger partial charge is 0.169 e. The summed E-state index contributed by atoms with van der Waals surface area (Å²) in [5.74, 6) is 1.61. The Balaban J connectivity index is 0.980. The van der Waals surface area contributed by atoms with Crippen molar-refractivity contribution in [3.8, 4) is 44.0 Å². The summed E-state index contributed by atoms with van der Waals surface area (Å²) in [7, 11) is 0. The molecule has 55 heavy (non-hydrogen) atoms. The van der Waals surface area contributed by atoms with Gasteiger partial charge in [0.1, 0.15) is 16.7 Å². The van der Waals surface area contributed by atoms with E-state index in [2.05, 4.69) is 169 Å². The largest absolute Gasteiger partial charge is 0.324 e. The van der Waals surface area contributed by atoms with Crippen LogP contribution in [-0.2, 0) is 0 Å². The molecule has 2 heterocycles. The van der Waals surface area contributed by atoms with Crippen molar-refractivity contribution < 1.29 is 0 Å². The highest BCUT2D eigenvalue weighted by Gasteiger charge is 2.21. The highest BCUT2D eigenvalue weighted by molar-refractivity contribution is 7.21. The van der Waals surface area contributed by atoms with E-state index in [9.17, 15) is 0 Å². The molecular formula is C50H34N4S. The summed E-state index contributed by atoms with van der Waals surface area (Å²) < 4.78 is 1.20. The van der Waals surface area contributed by atoms with Crippen LogP contribution in [0.4, 0.5) is 0 Å².